The zero-order chi connectivity index (χ0) is 43.4. The first kappa shape index (κ1) is 45.4. The average Bonchev–Trinajstić information content (AvgIpc) is 3.55. The van der Waals surface area contributed by atoms with Crippen LogP contribution in [0.2, 0.25) is 0 Å². The number of fused-ring (bicyclic) bond motifs is 2. The first-order valence-corrected chi connectivity index (χ1v) is 24.2. The minimum absolute atomic E-state index is 0.0299. The summed E-state index contributed by atoms with van der Waals surface area (Å²) in [6, 6.07) is 10.1. The molecule has 2 amide bonds. The second-order valence-electron chi connectivity index (χ2n) is 16.0. The van der Waals surface area contributed by atoms with E-state index >= 15 is 0 Å². The monoisotopic (exact) mass is 890 g/mol. The molecule has 7 rings (SSSR count). The molecule has 3 heterocycles. The van der Waals surface area contributed by atoms with Gasteiger partial charge in [-0.25, -0.2) is 27.0 Å². The molecule has 2 aliphatic heterocycles. The number of hydrogen-bond acceptors (Lipinski definition) is 12. The van der Waals surface area contributed by atoms with Gasteiger partial charge < -0.3 is 14.6 Å². The van der Waals surface area contributed by atoms with Crippen molar-refractivity contribution < 1.29 is 56.2 Å². The summed E-state index contributed by atoms with van der Waals surface area (Å²) in [6.45, 7) is 2.80. The van der Waals surface area contributed by atoms with Crippen LogP contribution in [-0.2, 0) is 60.4 Å². The van der Waals surface area contributed by atoms with E-state index in [9.17, 15) is 46.7 Å². The Morgan fingerprint density at radius 3 is 1.90 bits per heavy atom. The quantitative estimate of drug-likeness (QED) is 0.0964. The van der Waals surface area contributed by atoms with Crippen molar-refractivity contribution in [1.82, 2.24) is 18.7 Å². The van der Waals surface area contributed by atoms with E-state index in [1.807, 2.05) is 11.4 Å². The maximum absolute atomic E-state index is 13.2. The van der Waals surface area contributed by atoms with Crippen LogP contribution in [0.3, 0.4) is 0 Å². The molecule has 19 heteroatoms. The molecule has 16 nitrogen and oxygen atoms in total. The van der Waals surface area contributed by atoms with E-state index in [4.69, 9.17) is 9.47 Å². The summed E-state index contributed by atoms with van der Waals surface area (Å²) in [5.41, 5.74) is 5.05. The molecule has 4 atom stereocenters. The summed E-state index contributed by atoms with van der Waals surface area (Å²) < 4.78 is 66.1. The fourth-order valence-electron chi connectivity index (χ4n) is 9.06. The van der Waals surface area contributed by atoms with Gasteiger partial charge in [-0.1, -0.05) is 31.9 Å². The molecule has 3 N–H and O–H groups in total. The number of carboxylic acid groups (broad SMARTS) is 1. The van der Waals surface area contributed by atoms with Crippen LogP contribution < -0.4 is 9.47 Å². The molecule has 4 aliphatic rings. The van der Waals surface area contributed by atoms with Gasteiger partial charge in [0.15, 0.2) is 11.5 Å². The van der Waals surface area contributed by atoms with Crippen LogP contribution in [0.1, 0.15) is 67.7 Å². The van der Waals surface area contributed by atoms with Crippen LogP contribution in [0.4, 0.5) is 0 Å². The summed E-state index contributed by atoms with van der Waals surface area (Å²) in [5, 5.41) is 34.6. The Kier molecular flexibility index (Phi) is 14.3. The molecule has 0 saturated heterocycles. The number of benzene rings is 2. The maximum Gasteiger partial charge on any atom is 0.309 e. The lowest BCUT2D eigenvalue weighted by atomic mass is 9.96. The Morgan fingerprint density at radius 2 is 1.38 bits per heavy atom. The second-order valence-corrected chi connectivity index (χ2v) is 20.8. The number of amides is 2. The molecule has 3 aromatic rings. The fraction of sp³-hybridized carbons (Fsp3) is 0.537. The Bertz CT molecular complexity index is 2230. The lowest BCUT2D eigenvalue weighted by molar-refractivity contribution is -0.163. The van der Waals surface area contributed by atoms with E-state index < -0.39 is 55.2 Å². The Hall–Kier alpha value is -4.11. The largest absolute Gasteiger partial charge is 0.493 e. The minimum atomic E-state index is -3.90. The number of aliphatic carboxylic acids is 1. The number of carboxylic acids is 1. The van der Waals surface area contributed by atoms with Crippen molar-refractivity contribution in [2.75, 3.05) is 38.8 Å². The average molecular weight is 891 g/mol. The molecule has 4 unspecified atom stereocenters. The van der Waals surface area contributed by atoms with E-state index in [0.29, 0.717) is 54.0 Å². The fourth-order valence-corrected chi connectivity index (χ4v) is 13.2. The second kappa shape index (κ2) is 18.9. The molecule has 328 valence electrons. The normalized spacial score (nSPS) is 21.6. The van der Waals surface area contributed by atoms with Gasteiger partial charge in [0.1, 0.15) is 0 Å². The van der Waals surface area contributed by atoms with Crippen molar-refractivity contribution in [2.24, 2.45) is 17.3 Å². The standard InChI is InChI=1S/C21H26N2O4S2.C20H28N2O8S/c24-15-23(25)21(17-3-1-2-4-17)14-29(26,27)22-9-7-16-5-6-18(11-20(16)12-22)19-8-10-28-13-19;1-4-20(19(24)25)9-15(20)16(22(26)12-23)11-31(27,28)21-6-5-13-7-17(29-2)18(30-3)8-14(13)10-21/h5-6,8,10-11,13,15,17,21,25H,1-4,7,9,12,14H2;7-8,12,15-16,26H,4-6,9-11H2,1-3H3,(H,24,25). The summed E-state index contributed by atoms with van der Waals surface area (Å²) in [6.07, 6.45) is 5.80. The Labute approximate surface area is 355 Å². The third kappa shape index (κ3) is 9.66. The molecule has 1 aromatic heterocycles. The van der Waals surface area contributed by atoms with E-state index in [1.165, 1.54) is 28.4 Å². The van der Waals surface area contributed by atoms with Crippen LogP contribution >= 0.6 is 11.3 Å². The molecule has 2 aromatic carbocycles. The number of hydrogen-bond donors (Lipinski definition) is 3. The Balaban J connectivity index is 0.000000202. The van der Waals surface area contributed by atoms with Crippen LogP contribution in [0.25, 0.3) is 11.1 Å². The number of carbonyl (C=O) groups excluding carboxylic acids is 2. The smallest absolute Gasteiger partial charge is 0.309 e. The highest BCUT2D eigenvalue weighted by atomic mass is 32.2. The van der Waals surface area contributed by atoms with Gasteiger partial charge >= 0.3 is 5.97 Å². The zero-order valence-corrected chi connectivity index (χ0v) is 36.5. The Morgan fingerprint density at radius 1 is 0.833 bits per heavy atom. The SMILES string of the molecule is CCC1(C(=O)O)CC1C(CS(=O)(=O)N1CCc2cc(OC)c(OC)cc2C1)N(O)C=O.O=CN(O)C(CS(=O)(=O)N1CCc2ccc(-c3ccsc3)cc2C1)C1CCCC1. The van der Waals surface area contributed by atoms with Crippen LogP contribution in [0.15, 0.2) is 47.2 Å². The first-order valence-electron chi connectivity index (χ1n) is 20.0. The van der Waals surface area contributed by atoms with Gasteiger partial charge in [0.2, 0.25) is 32.9 Å². The maximum atomic E-state index is 13.2. The predicted octanol–water partition coefficient (Wildman–Crippen LogP) is 4.62. The first-order chi connectivity index (χ1) is 28.6. The van der Waals surface area contributed by atoms with Crippen molar-refractivity contribution in [2.45, 2.75) is 83.5 Å². The number of rotatable bonds is 17. The van der Waals surface area contributed by atoms with Crippen molar-refractivity contribution >= 4 is 50.2 Å². The third-order valence-electron chi connectivity index (χ3n) is 12.8. The van der Waals surface area contributed by atoms with Crippen molar-refractivity contribution in [3.05, 3.63) is 69.4 Å². The summed E-state index contributed by atoms with van der Waals surface area (Å²) in [5.74, 6) is -1.37. The number of nitrogens with zero attached hydrogens (tertiary/aromatic N) is 4. The number of methoxy groups -OCH3 is 2. The number of ether oxygens (including phenoxy) is 2. The van der Waals surface area contributed by atoms with Crippen molar-refractivity contribution in [1.29, 1.82) is 0 Å². The molecule has 2 aliphatic carbocycles. The molecular weight excluding hydrogens is 837 g/mol. The molecule has 2 fully saturated rings. The van der Waals surface area contributed by atoms with E-state index in [2.05, 4.69) is 29.6 Å². The highest BCUT2D eigenvalue weighted by Gasteiger charge is 2.63. The number of hydroxylamine groups is 4. The molecular formula is C41H54N4O12S3. The molecule has 0 radical (unpaired) electrons. The summed E-state index contributed by atoms with van der Waals surface area (Å²) in [7, 11) is -4.48. The van der Waals surface area contributed by atoms with Gasteiger partial charge in [0.05, 0.1) is 43.2 Å². The molecule has 2 saturated carbocycles. The summed E-state index contributed by atoms with van der Waals surface area (Å²) in [4.78, 5) is 34.0. The lowest BCUT2D eigenvalue weighted by Gasteiger charge is -2.33. The predicted molar refractivity (Wildman–Crippen MR) is 222 cm³/mol. The zero-order valence-electron chi connectivity index (χ0n) is 34.0. The summed E-state index contributed by atoms with van der Waals surface area (Å²) >= 11 is 1.64. The minimum Gasteiger partial charge on any atom is -0.493 e. The van der Waals surface area contributed by atoms with Crippen molar-refractivity contribution in [3.63, 3.8) is 0 Å². The van der Waals surface area contributed by atoms with Crippen LogP contribution in [0, 0.1) is 17.3 Å². The van der Waals surface area contributed by atoms with Gasteiger partial charge in [-0.2, -0.15) is 19.9 Å². The van der Waals surface area contributed by atoms with Gasteiger partial charge in [-0.15, -0.1) is 0 Å². The van der Waals surface area contributed by atoms with E-state index in [1.54, 1.807) is 24.3 Å². The van der Waals surface area contributed by atoms with E-state index in [-0.39, 0.29) is 44.0 Å². The highest BCUT2D eigenvalue weighted by Crippen LogP contribution is 2.58. The molecule has 0 bridgehead atoms. The van der Waals surface area contributed by atoms with Gasteiger partial charge in [-0.05, 0) is 113 Å². The van der Waals surface area contributed by atoms with Gasteiger partial charge in [0.25, 0.3) is 0 Å². The number of thiophene rings is 1. The van der Waals surface area contributed by atoms with Crippen molar-refractivity contribution in [3.8, 4) is 22.6 Å². The third-order valence-corrected chi connectivity index (χ3v) is 17.2. The van der Waals surface area contributed by atoms with E-state index in [0.717, 1.165) is 53.5 Å². The number of carbonyl (C=O) groups is 3. The highest BCUT2D eigenvalue weighted by molar-refractivity contribution is 7.89. The molecule has 60 heavy (non-hydrogen) atoms. The van der Waals surface area contributed by atoms with Crippen LogP contribution in [0.5, 0.6) is 11.5 Å². The molecule has 0 spiro atoms. The lowest BCUT2D eigenvalue weighted by Crippen LogP contribution is -2.47. The van der Waals surface area contributed by atoms with Crippen LogP contribution in [-0.4, -0.2) is 121 Å². The topological polar surface area (TPSA) is 212 Å². The van der Waals surface area contributed by atoms with Gasteiger partial charge in [0, 0.05) is 32.1 Å². The number of sulfonamides is 2. The van der Waals surface area contributed by atoms with Gasteiger partial charge in [-0.3, -0.25) is 24.8 Å².